The number of nitrogens with zero attached hydrogens (tertiary/aromatic N) is 1. The summed E-state index contributed by atoms with van der Waals surface area (Å²) in [6.45, 7) is 2.31. The molecule has 0 atom stereocenters. The first kappa shape index (κ1) is 26.6. The topological polar surface area (TPSA) is 75.7 Å². The summed E-state index contributed by atoms with van der Waals surface area (Å²) in [5.74, 6) is -1.11. The maximum absolute atomic E-state index is 13.6. The number of urea groups is 1. The molecule has 8 heteroatoms. The zero-order valence-corrected chi connectivity index (χ0v) is 23.3. The Morgan fingerprint density at radius 3 is 2.24 bits per heavy atom. The quantitative estimate of drug-likeness (QED) is 0.169. The zero-order chi connectivity index (χ0) is 28.7. The smallest absolute Gasteiger partial charge is 0.335 e. The number of carbonyl (C=O) groups is 3. The number of halogens is 2. The largest absolute Gasteiger partial charge is 0.488 e. The van der Waals surface area contributed by atoms with E-state index in [1.54, 1.807) is 0 Å². The van der Waals surface area contributed by atoms with Crippen molar-refractivity contribution in [2.75, 3.05) is 4.90 Å². The highest BCUT2D eigenvalue weighted by Gasteiger charge is 2.37. The average Bonchev–Trinajstić information content (AvgIpc) is 2.97. The van der Waals surface area contributed by atoms with Gasteiger partial charge in [-0.15, -0.1) is 0 Å². The van der Waals surface area contributed by atoms with Gasteiger partial charge in [-0.2, -0.15) is 0 Å². The van der Waals surface area contributed by atoms with Crippen LogP contribution in [-0.4, -0.2) is 17.8 Å². The number of hydrogen-bond acceptors (Lipinski definition) is 4. The van der Waals surface area contributed by atoms with Crippen molar-refractivity contribution in [2.24, 2.45) is 0 Å². The molecule has 0 radical (unpaired) electrons. The van der Waals surface area contributed by atoms with E-state index in [0.29, 0.717) is 11.3 Å². The predicted molar refractivity (Wildman–Crippen MR) is 162 cm³/mol. The van der Waals surface area contributed by atoms with Gasteiger partial charge in [0.05, 0.1) is 15.7 Å². The number of ether oxygens (including phenoxy) is 1. The molecule has 1 N–H and O–H groups in total. The van der Waals surface area contributed by atoms with Crippen molar-refractivity contribution in [2.45, 2.75) is 13.5 Å². The number of hydrogen-bond donors (Lipinski definition) is 1. The minimum Gasteiger partial charge on any atom is -0.488 e. The van der Waals surface area contributed by atoms with E-state index in [-0.39, 0.29) is 27.9 Å². The molecule has 4 amide bonds. The van der Waals surface area contributed by atoms with Crippen molar-refractivity contribution in [1.82, 2.24) is 5.32 Å². The third kappa shape index (κ3) is 4.92. The Morgan fingerprint density at radius 2 is 1.49 bits per heavy atom. The standard InChI is InChI=1S/C33H22Cl2N2O4/c1-19-10-11-20-6-3-5-9-24(20)27(19)18-41-30-15-12-21-7-2-4-8-23(21)25(30)17-26-31(38)36-33(40)37(32(26)39)22-13-14-28(34)29(35)16-22/h2-17H,18H2,1H3,(H,36,38,40)/b26-17+. The molecule has 1 aliphatic heterocycles. The summed E-state index contributed by atoms with van der Waals surface area (Å²) in [5, 5.41) is 6.57. The summed E-state index contributed by atoms with van der Waals surface area (Å²) in [6.07, 6.45) is 1.47. The fourth-order valence-corrected chi connectivity index (χ4v) is 5.29. The van der Waals surface area contributed by atoms with Crippen LogP contribution < -0.4 is 15.0 Å². The van der Waals surface area contributed by atoms with Crippen molar-refractivity contribution in [3.05, 3.63) is 123 Å². The van der Waals surface area contributed by atoms with Gasteiger partial charge >= 0.3 is 6.03 Å². The Hall–Kier alpha value is -4.65. The number of nitrogens with one attached hydrogen (secondary N) is 1. The van der Waals surface area contributed by atoms with Crippen LogP contribution in [0.15, 0.2) is 96.6 Å². The van der Waals surface area contributed by atoms with Gasteiger partial charge in [-0.1, -0.05) is 89.9 Å². The summed E-state index contributed by atoms with van der Waals surface area (Å²) < 4.78 is 6.39. The Bertz CT molecular complexity index is 1930. The van der Waals surface area contributed by atoms with Crippen LogP contribution >= 0.6 is 23.2 Å². The second-order valence-corrected chi connectivity index (χ2v) is 10.4. The molecule has 0 bridgehead atoms. The molecule has 0 saturated carbocycles. The molecule has 41 heavy (non-hydrogen) atoms. The van der Waals surface area contributed by atoms with Crippen molar-refractivity contribution < 1.29 is 19.1 Å². The van der Waals surface area contributed by atoms with Crippen molar-refractivity contribution in [3.63, 3.8) is 0 Å². The van der Waals surface area contributed by atoms with Crippen LogP contribution in [0.5, 0.6) is 5.75 Å². The molecular weight excluding hydrogens is 559 g/mol. The van der Waals surface area contributed by atoms with Crippen LogP contribution in [-0.2, 0) is 16.2 Å². The minimum atomic E-state index is -0.878. The highest BCUT2D eigenvalue weighted by Crippen LogP contribution is 2.34. The maximum atomic E-state index is 13.6. The van der Waals surface area contributed by atoms with E-state index in [4.69, 9.17) is 27.9 Å². The second-order valence-electron chi connectivity index (χ2n) is 9.63. The van der Waals surface area contributed by atoms with Gasteiger partial charge in [-0.05, 0) is 64.4 Å². The van der Waals surface area contributed by atoms with Crippen molar-refractivity contribution in [3.8, 4) is 5.75 Å². The number of benzene rings is 5. The van der Waals surface area contributed by atoms with E-state index >= 15 is 0 Å². The normalized spacial score (nSPS) is 14.7. The maximum Gasteiger partial charge on any atom is 0.335 e. The third-order valence-electron chi connectivity index (χ3n) is 7.13. The Balaban J connectivity index is 1.44. The fourth-order valence-electron chi connectivity index (χ4n) is 5.00. The van der Waals surface area contributed by atoms with Gasteiger partial charge in [-0.3, -0.25) is 14.9 Å². The number of amides is 4. The Morgan fingerprint density at radius 1 is 0.805 bits per heavy atom. The van der Waals surface area contributed by atoms with Gasteiger partial charge in [-0.25, -0.2) is 9.69 Å². The molecule has 1 saturated heterocycles. The summed E-state index contributed by atoms with van der Waals surface area (Å²) >= 11 is 12.2. The predicted octanol–water partition coefficient (Wildman–Crippen LogP) is 7.85. The SMILES string of the molecule is Cc1ccc2ccccc2c1COc1ccc2ccccc2c1/C=C1\C(=O)NC(=O)N(c2ccc(Cl)c(Cl)c2)C1=O. The molecule has 1 aliphatic rings. The molecule has 1 heterocycles. The Labute approximate surface area is 245 Å². The molecular formula is C33H22Cl2N2O4. The first-order chi connectivity index (χ1) is 19.8. The van der Waals surface area contributed by atoms with Gasteiger partial charge in [0.25, 0.3) is 11.8 Å². The van der Waals surface area contributed by atoms with Crippen LogP contribution in [0.2, 0.25) is 10.0 Å². The Kier molecular flexibility index (Phi) is 6.95. The van der Waals surface area contributed by atoms with Crippen LogP contribution in [0.4, 0.5) is 10.5 Å². The second kappa shape index (κ2) is 10.7. The van der Waals surface area contributed by atoms with Gasteiger partial charge in [0, 0.05) is 11.1 Å². The lowest BCUT2D eigenvalue weighted by Crippen LogP contribution is -2.54. The monoisotopic (exact) mass is 580 g/mol. The lowest BCUT2D eigenvalue weighted by atomic mass is 9.99. The molecule has 0 aromatic heterocycles. The number of barbiturate groups is 1. The summed E-state index contributed by atoms with van der Waals surface area (Å²) in [7, 11) is 0. The lowest BCUT2D eigenvalue weighted by Gasteiger charge is -2.26. The summed E-state index contributed by atoms with van der Waals surface area (Å²) in [4.78, 5) is 40.2. The molecule has 1 fully saturated rings. The van der Waals surface area contributed by atoms with Crippen molar-refractivity contribution >= 4 is 74.4 Å². The molecule has 6 nitrogen and oxygen atoms in total. The third-order valence-corrected chi connectivity index (χ3v) is 7.87. The molecule has 6 rings (SSSR count). The van der Waals surface area contributed by atoms with E-state index in [1.807, 2.05) is 55.5 Å². The fraction of sp³-hybridized carbons (Fsp3) is 0.0606. The van der Waals surface area contributed by atoms with Crippen LogP contribution in [0.25, 0.3) is 27.6 Å². The molecule has 0 spiro atoms. The van der Waals surface area contributed by atoms with Gasteiger partial charge in [0.15, 0.2) is 0 Å². The van der Waals surface area contributed by atoms with E-state index < -0.39 is 17.8 Å². The first-order valence-corrected chi connectivity index (χ1v) is 13.6. The minimum absolute atomic E-state index is 0.167. The number of carbonyl (C=O) groups excluding carboxylic acids is 3. The highest BCUT2D eigenvalue weighted by atomic mass is 35.5. The molecule has 5 aromatic carbocycles. The van der Waals surface area contributed by atoms with E-state index in [9.17, 15) is 14.4 Å². The van der Waals surface area contributed by atoms with Crippen molar-refractivity contribution in [1.29, 1.82) is 0 Å². The number of fused-ring (bicyclic) bond motifs is 2. The van der Waals surface area contributed by atoms with Crippen LogP contribution in [0.3, 0.4) is 0 Å². The molecule has 0 unspecified atom stereocenters. The number of aryl methyl sites for hydroxylation is 1. The van der Waals surface area contributed by atoms with Gasteiger partial charge in [0.2, 0.25) is 0 Å². The number of imide groups is 2. The summed E-state index contributed by atoms with van der Waals surface area (Å²) in [5.41, 5.74) is 2.63. The highest BCUT2D eigenvalue weighted by molar-refractivity contribution is 6.43. The zero-order valence-electron chi connectivity index (χ0n) is 21.8. The average molecular weight is 581 g/mol. The molecule has 202 valence electrons. The van der Waals surface area contributed by atoms with Crippen LogP contribution in [0.1, 0.15) is 16.7 Å². The lowest BCUT2D eigenvalue weighted by molar-refractivity contribution is -0.122. The first-order valence-electron chi connectivity index (χ1n) is 12.8. The van der Waals surface area contributed by atoms with Crippen LogP contribution in [0, 0.1) is 6.92 Å². The van der Waals surface area contributed by atoms with Gasteiger partial charge in [0.1, 0.15) is 17.9 Å². The van der Waals surface area contributed by atoms with E-state index in [2.05, 4.69) is 29.6 Å². The van der Waals surface area contributed by atoms with E-state index in [1.165, 1.54) is 24.3 Å². The molecule has 0 aliphatic carbocycles. The summed E-state index contributed by atoms with van der Waals surface area (Å²) in [6, 6.07) is 27.1. The molecule has 5 aromatic rings. The van der Waals surface area contributed by atoms with Gasteiger partial charge < -0.3 is 4.74 Å². The number of rotatable bonds is 5. The van der Waals surface area contributed by atoms with E-state index in [0.717, 1.165) is 37.6 Å². The number of anilines is 1.